The summed E-state index contributed by atoms with van der Waals surface area (Å²) in [5.74, 6) is 0.720. The molecule has 2 saturated heterocycles. The van der Waals surface area contributed by atoms with Crippen LogP contribution in [0.25, 0.3) is 0 Å². The topological polar surface area (TPSA) is 24.5 Å². The van der Waals surface area contributed by atoms with Crippen LogP contribution in [0, 0.1) is 5.92 Å². The van der Waals surface area contributed by atoms with E-state index in [1.165, 1.54) is 58.0 Å². The Balaban J connectivity index is 1.66. The van der Waals surface area contributed by atoms with Gasteiger partial charge in [0.25, 0.3) is 0 Å². The number of hydrogen-bond acceptors (Lipinski definition) is 3. The Hall–Kier alpha value is -0.120. The molecule has 2 heterocycles. The van der Waals surface area contributed by atoms with Crippen LogP contribution in [0.3, 0.4) is 0 Å². The number of ether oxygens (including phenoxy) is 1. The third kappa shape index (κ3) is 3.62. The van der Waals surface area contributed by atoms with Crippen LogP contribution in [0.5, 0.6) is 0 Å². The van der Waals surface area contributed by atoms with Crippen molar-refractivity contribution >= 4 is 0 Å². The highest BCUT2D eigenvalue weighted by Gasteiger charge is 2.41. The Morgan fingerprint density at radius 3 is 2.57 bits per heavy atom. The highest BCUT2D eigenvalue weighted by molar-refractivity contribution is 5.01. The van der Waals surface area contributed by atoms with Crippen molar-refractivity contribution < 1.29 is 4.74 Å². The minimum atomic E-state index is 0.411. The van der Waals surface area contributed by atoms with Gasteiger partial charge in [-0.3, -0.25) is 4.90 Å². The van der Waals surface area contributed by atoms with Crippen LogP contribution in [0.4, 0.5) is 0 Å². The zero-order valence-corrected chi connectivity index (χ0v) is 14.2. The molecule has 0 aromatic heterocycles. The van der Waals surface area contributed by atoms with Gasteiger partial charge in [0.1, 0.15) is 0 Å². The molecule has 1 N–H and O–H groups in total. The van der Waals surface area contributed by atoms with E-state index in [9.17, 15) is 0 Å². The first kappa shape index (κ1) is 15.8. The highest BCUT2D eigenvalue weighted by Crippen LogP contribution is 2.34. The third-order valence-corrected chi connectivity index (χ3v) is 6.00. The summed E-state index contributed by atoms with van der Waals surface area (Å²) in [5.41, 5.74) is 0.411. The van der Waals surface area contributed by atoms with E-state index in [4.69, 9.17) is 4.74 Å². The smallest absolute Gasteiger partial charge is 0.0706 e. The molecule has 0 bridgehead atoms. The maximum Gasteiger partial charge on any atom is 0.0706 e. The summed E-state index contributed by atoms with van der Waals surface area (Å²) in [5, 5.41) is 3.95. The van der Waals surface area contributed by atoms with Crippen LogP contribution in [-0.2, 0) is 4.74 Å². The van der Waals surface area contributed by atoms with Crippen LogP contribution in [0.15, 0.2) is 0 Å². The first-order valence-corrected chi connectivity index (χ1v) is 9.22. The summed E-state index contributed by atoms with van der Waals surface area (Å²) < 4.78 is 6.11. The van der Waals surface area contributed by atoms with Gasteiger partial charge in [0.15, 0.2) is 0 Å². The molecular weight excluding hydrogens is 260 g/mol. The van der Waals surface area contributed by atoms with E-state index < -0.39 is 0 Å². The SMILES string of the molecule is CC1CCC(CN2CC3(CCCCC3)NCC2C(C)C)O1. The van der Waals surface area contributed by atoms with Crippen molar-refractivity contribution in [3.05, 3.63) is 0 Å². The Bertz CT molecular complexity index is 338. The summed E-state index contributed by atoms with van der Waals surface area (Å²) in [7, 11) is 0. The highest BCUT2D eigenvalue weighted by atomic mass is 16.5. The molecule has 122 valence electrons. The van der Waals surface area contributed by atoms with Crippen molar-refractivity contribution in [2.75, 3.05) is 19.6 Å². The molecule has 3 fully saturated rings. The standard InChI is InChI=1S/C18H34N2O/c1-14(2)17-11-19-18(9-5-4-6-10-18)13-20(17)12-16-8-7-15(3)21-16/h14-17,19H,4-13H2,1-3H3. The van der Waals surface area contributed by atoms with Crippen LogP contribution >= 0.6 is 0 Å². The van der Waals surface area contributed by atoms with Crippen molar-refractivity contribution in [3.8, 4) is 0 Å². The molecule has 3 heteroatoms. The lowest BCUT2D eigenvalue weighted by Gasteiger charge is -2.51. The molecule has 0 radical (unpaired) electrons. The van der Waals surface area contributed by atoms with E-state index in [2.05, 4.69) is 31.0 Å². The maximum absolute atomic E-state index is 6.11. The third-order valence-electron chi connectivity index (χ3n) is 6.00. The van der Waals surface area contributed by atoms with Crippen LogP contribution in [-0.4, -0.2) is 48.3 Å². The fourth-order valence-corrected chi connectivity index (χ4v) is 4.71. The molecule has 21 heavy (non-hydrogen) atoms. The molecule has 3 unspecified atom stereocenters. The second-order valence-corrected chi connectivity index (χ2v) is 8.11. The summed E-state index contributed by atoms with van der Waals surface area (Å²) in [4.78, 5) is 2.77. The number of nitrogens with zero attached hydrogens (tertiary/aromatic N) is 1. The second-order valence-electron chi connectivity index (χ2n) is 8.11. The predicted octanol–water partition coefficient (Wildman–Crippen LogP) is 3.19. The molecule has 2 aliphatic heterocycles. The lowest BCUT2D eigenvalue weighted by molar-refractivity contribution is -0.0179. The fourth-order valence-electron chi connectivity index (χ4n) is 4.71. The van der Waals surface area contributed by atoms with Crippen LogP contribution < -0.4 is 5.32 Å². The predicted molar refractivity (Wildman–Crippen MR) is 87.6 cm³/mol. The first-order valence-electron chi connectivity index (χ1n) is 9.22. The lowest BCUT2D eigenvalue weighted by Crippen LogP contribution is -2.66. The molecule has 0 aromatic rings. The van der Waals surface area contributed by atoms with Crippen LogP contribution in [0.1, 0.15) is 65.7 Å². The van der Waals surface area contributed by atoms with E-state index >= 15 is 0 Å². The van der Waals surface area contributed by atoms with Crippen molar-refractivity contribution in [3.63, 3.8) is 0 Å². The summed E-state index contributed by atoms with van der Waals surface area (Å²) >= 11 is 0. The van der Waals surface area contributed by atoms with E-state index in [0.29, 0.717) is 23.8 Å². The van der Waals surface area contributed by atoms with E-state index in [1.54, 1.807) is 0 Å². The van der Waals surface area contributed by atoms with Gasteiger partial charge in [-0.25, -0.2) is 0 Å². The first-order chi connectivity index (χ1) is 10.1. The minimum Gasteiger partial charge on any atom is -0.374 e. The Morgan fingerprint density at radius 2 is 1.95 bits per heavy atom. The van der Waals surface area contributed by atoms with Gasteiger partial charge in [0.05, 0.1) is 12.2 Å². The molecule has 3 nitrogen and oxygen atoms in total. The van der Waals surface area contributed by atoms with Crippen molar-refractivity contribution in [2.45, 2.75) is 89.5 Å². The molecular formula is C18H34N2O. The van der Waals surface area contributed by atoms with E-state index in [1.807, 2.05) is 0 Å². The number of rotatable bonds is 3. The van der Waals surface area contributed by atoms with Crippen molar-refractivity contribution in [2.24, 2.45) is 5.92 Å². The second kappa shape index (κ2) is 6.55. The Kier molecular flexibility index (Phi) is 4.92. The molecule has 3 rings (SSSR count). The summed E-state index contributed by atoms with van der Waals surface area (Å²) in [6.45, 7) is 10.5. The average molecular weight is 294 g/mol. The van der Waals surface area contributed by atoms with Gasteiger partial charge < -0.3 is 10.1 Å². The van der Waals surface area contributed by atoms with Gasteiger partial charge in [-0.2, -0.15) is 0 Å². The lowest BCUT2D eigenvalue weighted by atomic mass is 9.78. The van der Waals surface area contributed by atoms with Crippen molar-refractivity contribution in [1.82, 2.24) is 10.2 Å². The summed E-state index contributed by atoms with van der Waals surface area (Å²) in [6, 6.07) is 0.678. The van der Waals surface area contributed by atoms with Crippen molar-refractivity contribution in [1.29, 1.82) is 0 Å². The zero-order valence-electron chi connectivity index (χ0n) is 14.2. The number of hydrogen-bond donors (Lipinski definition) is 1. The van der Waals surface area contributed by atoms with E-state index in [0.717, 1.165) is 12.5 Å². The van der Waals surface area contributed by atoms with Gasteiger partial charge in [-0.15, -0.1) is 0 Å². The minimum absolute atomic E-state index is 0.411. The maximum atomic E-state index is 6.11. The molecule has 0 aromatic carbocycles. The monoisotopic (exact) mass is 294 g/mol. The van der Waals surface area contributed by atoms with Gasteiger partial charge in [-0.1, -0.05) is 33.1 Å². The normalized spacial score (nSPS) is 37.4. The van der Waals surface area contributed by atoms with Gasteiger partial charge in [0.2, 0.25) is 0 Å². The molecule has 0 amide bonds. The number of nitrogens with one attached hydrogen (secondary N) is 1. The molecule has 1 spiro atoms. The van der Waals surface area contributed by atoms with E-state index in [-0.39, 0.29) is 0 Å². The average Bonchev–Trinajstić information content (AvgIpc) is 2.85. The molecule has 3 aliphatic rings. The Labute approximate surface area is 130 Å². The molecule has 1 aliphatic carbocycles. The largest absolute Gasteiger partial charge is 0.374 e. The van der Waals surface area contributed by atoms with Gasteiger partial charge in [-0.05, 0) is 38.5 Å². The molecule has 1 saturated carbocycles. The van der Waals surface area contributed by atoms with Crippen LogP contribution in [0.2, 0.25) is 0 Å². The Morgan fingerprint density at radius 1 is 1.19 bits per heavy atom. The summed E-state index contributed by atoms with van der Waals surface area (Å²) in [6.07, 6.45) is 10.4. The number of piperazine rings is 1. The fraction of sp³-hybridized carbons (Fsp3) is 1.00. The zero-order chi connectivity index (χ0) is 14.9. The van der Waals surface area contributed by atoms with Gasteiger partial charge in [0, 0.05) is 31.2 Å². The quantitative estimate of drug-likeness (QED) is 0.865. The molecule has 3 atom stereocenters. The van der Waals surface area contributed by atoms with Gasteiger partial charge >= 0.3 is 0 Å².